The van der Waals surface area contributed by atoms with Crippen LogP contribution in [-0.2, 0) is 6.42 Å². The van der Waals surface area contributed by atoms with E-state index in [1.165, 1.54) is 5.56 Å². The van der Waals surface area contributed by atoms with Crippen LogP contribution in [0.1, 0.15) is 28.3 Å². The van der Waals surface area contributed by atoms with Crippen molar-refractivity contribution >= 4 is 11.7 Å². The molecule has 1 unspecified atom stereocenters. The number of fused-ring (bicyclic) bond motifs is 1. The van der Waals surface area contributed by atoms with Gasteiger partial charge >= 0.3 is 6.03 Å². The third kappa shape index (κ3) is 2.94. The third-order valence-electron chi connectivity index (χ3n) is 4.69. The van der Waals surface area contributed by atoms with Crippen LogP contribution in [0.15, 0.2) is 42.5 Å². The summed E-state index contributed by atoms with van der Waals surface area (Å²) < 4.78 is 0. The molecule has 120 valence electrons. The SMILES string of the molecule is Cc1cccc(NC(=O)N2CCc3ccccc3C2CO)c1C. The maximum Gasteiger partial charge on any atom is 0.322 e. The van der Waals surface area contributed by atoms with Gasteiger partial charge < -0.3 is 15.3 Å². The highest BCUT2D eigenvalue weighted by Gasteiger charge is 2.30. The molecule has 1 heterocycles. The van der Waals surface area contributed by atoms with Gasteiger partial charge in [-0.25, -0.2) is 4.79 Å². The second kappa shape index (κ2) is 6.42. The number of amides is 2. The second-order valence-corrected chi connectivity index (χ2v) is 6.02. The lowest BCUT2D eigenvalue weighted by atomic mass is 9.93. The topological polar surface area (TPSA) is 52.6 Å². The molecule has 4 heteroatoms. The van der Waals surface area contributed by atoms with Crippen LogP contribution in [0.3, 0.4) is 0 Å². The summed E-state index contributed by atoms with van der Waals surface area (Å²) in [7, 11) is 0. The molecule has 0 aliphatic carbocycles. The quantitative estimate of drug-likeness (QED) is 0.893. The van der Waals surface area contributed by atoms with E-state index in [2.05, 4.69) is 11.4 Å². The van der Waals surface area contributed by atoms with Crippen LogP contribution in [0.5, 0.6) is 0 Å². The van der Waals surface area contributed by atoms with Crippen molar-refractivity contribution in [1.29, 1.82) is 0 Å². The van der Waals surface area contributed by atoms with Crippen LogP contribution in [0, 0.1) is 13.8 Å². The van der Waals surface area contributed by atoms with Gasteiger partial charge in [0.1, 0.15) is 0 Å². The minimum atomic E-state index is -0.287. The Bertz CT molecular complexity index is 727. The van der Waals surface area contributed by atoms with Gasteiger partial charge in [-0.3, -0.25) is 0 Å². The molecular weight excluding hydrogens is 288 g/mol. The first-order valence-electron chi connectivity index (χ1n) is 7.94. The number of rotatable bonds is 2. The summed E-state index contributed by atoms with van der Waals surface area (Å²) in [6.45, 7) is 4.56. The summed E-state index contributed by atoms with van der Waals surface area (Å²) >= 11 is 0. The molecule has 0 radical (unpaired) electrons. The van der Waals surface area contributed by atoms with E-state index in [-0.39, 0.29) is 18.7 Å². The van der Waals surface area contributed by atoms with Crippen LogP contribution < -0.4 is 5.32 Å². The predicted molar refractivity (Wildman–Crippen MR) is 91.6 cm³/mol. The van der Waals surface area contributed by atoms with E-state index >= 15 is 0 Å². The number of aryl methyl sites for hydroxylation is 1. The van der Waals surface area contributed by atoms with E-state index in [1.807, 2.05) is 50.2 Å². The zero-order valence-electron chi connectivity index (χ0n) is 13.5. The van der Waals surface area contributed by atoms with Crippen molar-refractivity contribution in [3.05, 3.63) is 64.7 Å². The molecule has 0 fully saturated rings. The predicted octanol–water partition coefficient (Wildman–Crippen LogP) is 3.43. The number of nitrogens with one attached hydrogen (secondary N) is 1. The van der Waals surface area contributed by atoms with Crippen molar-refractivity contribution in [1.82, 2.24) is 4.90 Å². The fourth-order valence-electron chi connectivity index (χ4n) is 3.17. The standard InChI is InChI=1S/C19H22N2O2/c1-13-6-5-9-17(14(13)2)20-19(23)21-11-10-15-7-3-4-8-16(15)18(21)12-22/h3-9,18,22H,10-12H2,1-2H3,(H,20,23). The Balaban J connectivity index is 1.84. The second-order valence-electron chi connectivity index (χ2n) is 6.02. The van der Waals surface area contributed by atoms with Gasteiger partial charge in [-0.15, -0.1) is 0 Å². The molecule has 0 spiro atoms. The molecule has 2 N–H and O–H groups in total. The maximum absolute atomic E-state index is 12.7. The summed E-state index contributed by atoms with van der Waals surface area (Å²) in [5.41, 5.74) is 5.29. The van der Waals surface area contributed by atoms with E-state index in [4.69, 9.17) is 0 Å². The van der Waals surface area contributed by atoms with E-state index in [9.17, 15) is 9.90 Å². The molecule has 0 bridgehead atoms. The molecule has 0 saturated heterocycles. The number of urea groups is 1. The first kappa shape index (κ1) is 15.6. The maximum atomic E-state index is 12.7. The Morgan fingerprint density at radius 2 is 2.00 bits per heavy atom. The number of carbonyl (C=O) groups is 1. The summed E-state index contributed by atoms with van der Waals surface area (Å²) in [5.74, 6) is 0. The molecule has 1 aliphatic heterocycles. The molecule has 2 amide bonds. The Labute approximate surface area is 136 Å². The van der Waals surface area contributed by atoms with Crippen molar-refractivity contribution < 1.29 is 9.90 Å². The zero-order chi connectivity index (χ0) is 16.4. The Kier molecular flexibility index (Phi) is 4.35. The first-order valence-corrected chi connectivity index (χ1v) is 7.94. The third-order valence-corrected chi connectivity index (χ3v) is 4.69. The number of hydrogen-bond donors (Lipinski definition) is 2. The van der Waals surface area contributed by atoms with Crippen molar-refractivity contribution in [3.8, 4) is 0 Å². The van der Waals surface area contributed by atoms with Crippen molar-refractivity contribution in [3.63, 3.8) is 0 Å². The Morgan fingerprint density at radius 1 is 1.22 bits per heavy atom. The minimum Gasteiger partial charge on any atom is -0.394 e. The molecule has 1 atom stereocenters. The molecule has 0 saturated carbocycles. The summed E-state index contributed by atoms with van der Waals surface area (Å²) in [6, 6.07) is 13.4. The van der Waals surface area contributed by atoms with Crippen molar-refractivity contribution in [2.75, 3.05) is 18.5 Å². The number of anilines is 1. The van der Waals surface area contributed by atoms with E-state index < -0.39 is 0 Å². The highest BCUT2D eigenvalue weighted by atomic mass is 16.3. The van der Waals surface area contributed by atoms with Gasteiger partial charge in [-0.2, -0.15) is 0 Å². The number of benzene rings is 2. The fraction of sp³-hybridized carbons (Fsp3) is 0.316. The largest absolute Gasteiger partial charge is 0.394 e. The molecule has 4 nitrogen and oxygen atoms in total. The van der Waals surface area contributed by atoms with Crippen LogP contribution in [-0.4, -0.2) is 29.2 Å². The van der Waals surface area contributed by atoms with Gasteiger partial charge in [0.15, 0.2) is 0 Å². The highest BCUT2D eigenvalue weighted by molar-refractivity contribution is 5.90. The van der Waals surface area contributed by atoms with Crippen LogP contribution >= 0.6 is 0 Å². The monoisotopic (exact) mass is 310 g/mol. The van der Waals surface area contributed by atoms with E-state index in [0.29, 0.717) is 6.54 Å². The van der Waals surface area contributed by atoms with Crippen LogP contribution in [0.25, 0.3) is 0 Å². The first-order chi connectivity index (χ1) is 11.1. The number of aliphatic hydroxyl groups excluding tert-OH is 1. The van der Waals surface area contributed by atoms with Crippen molar-refractivity contribution in [2.24, 2.45) is 0 Å². The average Bonchev–Trinajstić information content (AvgIpc) is 2.57. The van der Waals surface area contributed by atoms with Gasteiger partial charge in [0.25, 0.3) is 0 Å². The minimum absolute atomic E-state index is 0.0722. The average molecular weight is 310 g/mol. The van der Waals surface area contributed by atoms with Crippen molar-refractivity contribution in [2.45, 2.75) is 26.3 Å². The molecule has 2 aromatic carbocycles. The highest BCUT2D eigenvalue weighted by Crippen LogP contribution is 2.30. The van der Waals surface area contributed by atoms with E-state index in [0.717, 1.165) is 28.8 Å². The molecule has 23 heavy (non-hydrogen) atoms. The van der Waals surface area contributed by atoms with Gasteiger partial charge in [0.05, 0.1) is 12.6 Å². The summed E-state index contributed by atoms with van der Waals surface area (Å²) in [5, 5.41) is 12.8. The van der Waals surface area contributed by atoms with Crippen LogP contribution in [0.2, 0.25) is 0 Å². The smallest absolute Gasteiger partial charge is 0.322 e. The Morgan fingerprint density at radius 3 is 2.78 bits per heavy atom. The lowest BCUT2D eigenvalue weighted by Crippen LogP contribution is -2.44. The number of nitrogens with zero attached hydrogens (tertiary/aromatic N) is 1. The lowest BCUT2D eigenvalue weighted by Gasteiger charge is -2.36. The number of hydrogen-bond acceptors (Lipinski definition) is 2. The van der Waals surface area contributed by atoms with Gasteiger partial charge in [0, 0.05) is 12.2 Å². The van der Waals surface area contributed by atoms with Gasteiger partial charge in [-0.05, 0) is 48.6 Å². The van der Waals surface area contributed by atoms with Gasteiger partial charge in [0.2, 0.25) is 0 Å². The molecule has 3 rings (SSSR count). The molecule has 1 aliphatic rings. The summed E-state index contributed by atoms with van der Waals surface area (Å²) in [6.07, 6.45) is 0.812. The lowest BCUT2D eigenvalue weighted by molar-refractivity contribution is 0.135. The Hall–Kier alpha value is -2.33. The molecule has 0 aromatic heterocycles. The van der Waals surface area contributed by atoms with E-state index in [1.54, 1.807) is 4.90 Å². The fourth-order valence-corrected chi connectivity index (χ4v) is 3.17. The number of aliphatic hydroxyl groups is 1. The normalized spacial score (nSPS) is 16.8. The molecular formula is C19H22N2O2. The zero-order valence-corrected chi connectivity index (χ0v) is 13.5. The molecule has 2 aromatic rings. The number of carbonyl (C=O) groups excluding carboxylic acids is 1. The summed E-state index contributed by atoms with van der Waals surface area (Å²) in [4.78, 5) is 14.4. The van der Waals surface area contributed by atoms with Crippen LogP contribution in [0.4, 0.5) is 10.5 Å². The van der Waals surface area contributed by atoms with Gasteiger partial charge in [-0.1, -0.05) is 36.4 Å².